The van der Waals surface area contributed by atoms with Crippen LogP contribution in [0.15, 0.2) is 12.1 Å². The van der Waals surface area contributed by atoms with Gasteiger partial charge in [0, 0.05) is 18.0 Å². The van der Waals surface area contributed by atoms with Crippen LogP contribution >= 0.6 is 0 Å². The molecule has 0 radical (unpaired) electrons. The third-order valence-corrected chi connectivity index (χ3v) is 2.25. The van der Waals surface area contributed by atoms with Gasteiger partial charge in [0.05, 0.1) is 6.61 Å². The molecule has 13 heavy (non-hydrogen) atoms. The molecule has 1 atom stereocenters. The van der Waals surface area contributed by atoms with Crippen LogP contribution in [-0.2, 0) is 0 Å². The minimum Gasteiger partial charge on any atom is -0.491 e. The topological polar surface area (TPSA) is 61.3 Å². The van der Waals surface area contributed by atoms with Gasteiger partial charge >= 0.3 is 0 Å². The van der Waals surface area contributed by atoms with Gasteiger partial charge in [-0.25, -0.2) is 4.39 Å². The molecule has 3 nitrogen and oxygen atoms in total. The standard InChI is InChI=1S/C9H11FN2O/c10-6-2-1-5-7(11)3-4-13-9(5)8(6)12/h1-2,7H,3-4,11-12H2/t7-/m0/s1. The van der Waals surface area contributed by atoms with Crippen LogP contribution in [0.5, 0.6) is 5.75 Å². The molecule has 0 bridgehead atoms. The molecular formula is C9H11FN2O. The molecule has 0 unspecified atom stereocenters. The number of hydrogen-bond donors (Lipinski definition) is 2. The van der Waals surface area contributed by atoms with Crippen molar-refractivity contribution in [1.82, 2.24) is 0 Å². The second-order valence-corrected chi connectivity index (χ2v) is 3.12. The monoisotopic (exact) mass is 182 g/mol. The van der Waals surface area contributed by atoms with Crippen molar-refractivity contribution in [3.8, 4) is 5.75 Å². The van der Waals surface area contributed by atoms with Crippen LogP contribution in [-0.4, -0.2) is 6.61 Å². The van der Waals surface area contributed by atoms with Crippen molar-refractivity contribution < 1.29 is 9.13 Å². The number of rotatable bonds is 0. The van der Waals surface area contributed by atoms with Crippen molar-refractivity contribution in [2.45, 2.75) is 12.5 Å². The van der Waals surface area contributed by atoms with Crippen molar-refractivity contribution in [3.63, 3.8) is 0 Å². The molecule has 4 N–H and O–H groups in total. The zero-order valence-electron chi connectivity index (χ0n) is 7.09. The van der Waals surface area contributed by atoms with E-state index in [0.29, 0.717) is 12.4 Å². The van der Waals surface area contributed by atoms with Gasteiger partial charge in [-0.05, 0) is 6.07 Å². The van der Waals surface area contributed by atoms with E-state index in [9.17, 15) is 4.39 Å². The highest BCUT2D eigenvalue weighted by atomic mass is 19.1. The summed E-state index contributed by atoms with van der Waals surface area (Å²) in [6, 6.07) is 2.86. The maximum absolute atomic E-state index is 13.0. The number of benzene rings is 1. The van der Waals surface area contributed by atoms with Crippen LogP contribution in [0.25, 0.3) is 0 Å². The molecule has 0 aliphatic carbocycles. The Kier molecular flexibility index (Phi) is 1.84. The van der Waals surface area contributed by atoms with Crippen LogP contribution in [0, 0.1) is 5.82 Å². The Bertz CT molecular complexity index is 341. The third-order valence-electron chi connectivity index (χ3n) is 2.25. The summed E-state index contributed by atoms with van der Waals surface area (Å²) in [4.78, 5) is 0. The molecule has 2 rings (SSSR count). The highest BCUT2D eigenvalue weighted by molar-refractivity contribution is 5.59. The normalized spacial score (nSPS) is 20.6. The van der Waals surface area contributed by atoms with Gasteiger partial charge in [-0.3, -0.25) is 0 Å². The molecule has 0 fully saturated rings. The molecular weight excluding hydrogens is 171 g/mol. The first kappa shape index (κ1) is 8.31. The lowest BCUT2D eigenvalue weighted by Gasteiger charge is -2.24. The zero-order valence-corrected chi connectivity index (χ0v) is 7.09. The number of anilines is 1. The Morgan fingerprint density at radius 1 is 1.46 bits per heavy atom. The van der Waals surface area contributed by atoms with E-state index in [1.165, 1.54) is 6.07 Å². The average Bonchev–Trinajstić information content (AvgIpc) is 2.12. The van der Waals surface area contributed by atoms with E-state index in [4.69, 9.17) is 16.2 Å². The third kappa shape index (κ3) is 1.23. The minimum atomic E-state index is -0.451. The number of nitrogens with two attached hydrogens (primary N) is 2. The molecule has 1 aromatic rings. The molecule has 0 spiro atoms. The van der Waals surface area contributed by atoms with Gasteiger partial charge < -0.3 is 16.2 Å². The molecule has 0 saturated carbocycles. The van der Waals surface area contributed by atoms with Crippen LogP contribution in [0.1, 0.15) is 18.0 Å². The van der Waals surface area contributed by atoms with E-state index in [1.54, 1.807) is 6.07 Å². The van der Waals surface area contributed by atoms with Crippen molar-refractivity contribution in [2.24, 2.45) is 5.73 Å². The van der Waals surface area contributed by atoms with Crippen molar-refractivity contribution in [1.29, 1.82) is 0 Å². The minimum absolute atomic E-state index is 0.0626. The molecule has 0 saturated heterocycles. The fourth-order valence-electron chi connectivity index (χ4n) is 1.49. The first-order chi connectivity index (χ1) is 6.20. The average molecular weight is 182 g/mol. The van der Waals surface area contributed by atoms with Gasteiger partial charge in [0.1, 0.15) is 17.3 Å². The fourth-order valence-corrected chi connectivity index (χ4v) is 1.49. The highest BCUT2D eigenvalue weighted by Crippen LogP contribution is 2.36. The Balaban J connectivity index is 2.56. The van der Waals surface area contributed by atoms with Gasteiger partial charge in [-0.1, -0.05) is 6.07 Å². The SMILES string of the molecule is Nc1c(F)ccc2c1OCC[C@@H]2N. The lowest BCUT2D eigenvalue weighted by Crippen LogP contribution is -2.21. The molecule has 0 amide bonds. The number of nitrogen functional groups attached to an aromatic ring is 1. The first-order valence-electron chi connectivity index (χ1n) is 4.16. The molecule has 70 valence electrons. The van der Waals surface area contributed by atoms with Gasteiger partial charge in [-0.2, -0.15) is 0 Å². The number of hydrogen-bond acceptors (Lipinski definition) is 3. The van der Waals surface area contributed by atoms with Crippen LogP contribution < -0.4 is 16.2 Å². The molecule has 1 heterocycles. The Hall–Kier alpha value is -1.29. The summed E-state index contributed by atoms with van der Waals surface area (Å²) >= 11 is 0. The second-order valence-electron chi connectivity index (χ2n) is 3.12. The van der Waals surface area contributed by atoms with Crippen LogP contribution in [0.3, 0.4) is 0 Å². The van der Waals surface area contributed by atoms with E-state index in [2.05, 4.69) is 0 Å². The van der Waals surface area contributed by atoms with E-state index in [1.807, 2.05) is 0 Å². The Morgan fingerprint density at radius 2 is 2.23 bits per heavy atom. The largest absolute Gasteiger partial charge is 0.491 e. The van der Waals surface area contributed by atoms with Crippen molar-refractivity contribution >= 4 is 5.69 Å². The lowest BCUT2D eigenvalue weighted by atomic mass is 10.0. The van der Waals surface area contributed by atoms with E-state index in [0.717, 1.165) is 12.0 Å². The van der Waals surface area contributed by atoms with Gasteiger partial charge in [-0.15, -0.1) is 0 Å². The Labute approximate surface area is 75.5 Å². The van der Waals surface area contributed by atoms with Gasteiger partial charge in [0.25, 0.3) is 0 Å². The lowest BCUT2D eigenvalue weighted by molar-refractivity contribution is 0.269. The zero-order chi connectivity index (χ0) is 9.42. The molecule has 0 aromatic heterocycles. The van der Waals surface area contributed by atoms with Crippen LogP contribution in [0.4, 0.5) is 10.1 Å². The summed E-state index contributed by atoms with van der Waals surface area (Å²) < 4.78 is 18.2. The maximum atomic E-state index is 13.0. The second kappa shape index (κ2) is 2.88. The maximum Gasteiger partial charge on any atom is 0.149 e. The van der Waals surface area contributed by atoms with E-state index >= 15 is 0 Å². The summed E-state index contributed by atoms with van der Waals surface area (Å²) in [6.07, 6.45) is 0.748. The summed E-state index contributed by atoms with van der Waals surface area (Å²) in [7, 11) is 0. The number of halogens is 1. The fraction of sp³-hybridized carbons (Fsp3) is 0.333. The predicted molar refractivity (Wildman–Crippen MR) is 47.9 cm³/mol. The van der Waals surface area contributed by atoms with Crippen molar-refractivity contribution in [2.75, 3.05) is 12.3 Å². The number of fused-ring (bicyclic) bond motifs is 1. The molecule has 1 aromatic carbocycles. The first-order valence-corrected chi connectivity index (χ1v) is 4.16. The van der Waals surface area contributed by atoms with E-state index < -0.39 is 5.82 Å². The van der Waals surface area contributed by atoms with Crippen molar-refractivity contribution in [3.05, 3.63) is 23.5 Å². The Morgan fingerprint density at radius 3 is 3.00 bits per heavy atom. The quantitative estimate of drug-likeness (QED) is 0.592. The summed E-state index contributed by atoms with van der Waals surface area (Å²) in [6.45, 7) is 0.502. The van der Waals surface area contributed by atoms with Gasteiger partial charge in [0.2, 0.25) is 0 Å². The number of ether oxygens (including phenoxy) is 1. The summed E-state index contributed by atoms with van der Waals surface area (Å²) in [5.74, 6) is -0.0356. The molecule has 1 aliphatic rings. The summed E-state index contributed by atoms with van der Waals surface area (Å²) in [5, 5.41) is 0. The van der Waals surface area contributed by atoms with E-state index in [-0.39, 0.29) is 11.7 Å². The molecule has 4 heteroatoms. The smallest absolute Gasteiger partial charge is 0.149 e. The highest BCUT2D eigenvalue weighted by Gasteiger charge is 2.21. The summed E-state index contributed by atoms with van der Waals surface area (Å²) in [5.41, 5.74) is 12.2. The van der Waals surface area contributed by atoms with Crippen LogP contribution in [0.2, 0.25) is 0 Å². The van der Waals surface area contributed by atoms with Gasteiger partial charge in [0.15, 0.2) is 0 Å². The predicted octanol–water partition coefficient (Wildman–Crippen LogP) is 1.19. The molecule has 1 aliphatic heterocycles.